The van der Waals surface area contributed by atoms with Gasteiger partial charge >= 0.3 is 0 Å². The summed E-state index contributed by atoms with van der Waals surface area (Å²) >= 11 is 0. The summed E-state index contributed by atoms with van der Waals surface area (Å²) < 4.78 is 0. The average molecular weight is 165 g/mol. The van der Waals surface area contributed by atoms with Gasteiger partial charge in [0.2, 0.25) is 0 Å². The van der Waals surface area contributed by atoms with Crippen LogP contribution in [-0.4, -0.2) is 23.1 Å². The van der Waals surface area contributed by atoms with Gasteiger partial charge in [0.1, 0.15) is 5.82 Å². The molecule has 1 aliphatic rings. The zero-order chi connectivity index (χ0) is 8.55. The molecule has 0 atom stereocenters. The van der Waals surface area contributed by atoms with Crippen LogP contribution in [0.1, 0.15) is 17.4 Å². The molecule has 4 nitrogen and oxygen atoms in total. The Balaban J connectivity index is 2.36. The lowest BCUT2D eigenvalue weighted by Gasteiger charge is -2.25. The third-order valence-electron chi connectivity index (χ3n) is 2.06. The molecular weight excluding hydrogens is 154 g/mol. The lowest BCUT2D eigenvalue weighted by Crippen LogP contribution is -2.41. The van der Waals surface area contributed by atoms with Gasteiger partial charge in [-0.25, -0.2) is 4.98 Å². The first-order chi connectivity index (χ1) is 5.75. The highest BCUT2D eigenvalue weighted by Gasteiger charge is 2.20. The standard InChI is InChI=1S/C8H11N3O/c1-5-2-7(12)11-8(10-5)6-3-9-4-6/h2,6,9H,3-4H2,1H3,(H,10,11,12). The van der Waals surface area contributed by atoms with Gasteiger partial charge in [-0.2, -0.15) is 0 Å². The van der Waals surface area contributed by atoms with Crippen LogP contribution in [0.3, 0.4) is 0 Å². The first kappa shape index (κ1) is 7.49. The van der Waals surface area contributed by atoms with Gasteiger partial charge in [-0.3, -0.25) is 4.79 Å². The predicted molar refractivity (Wildman–Crippen MR) is 45.2 cm³/mol. The van der Waals surface area contributed by atoms with Crippen LogP contribution in [0.4, 0.5) is 0 Å². The molecule has 64 valence electrons. The largest absolute Gasteiger partial charge is 0.315 e. The van der Waals surface area contributed by atoms with E-state index >= 15 is 0 Å². The molecule has 2 heterocycles. The van der Waals surface area contributed by atoms with Crippen LogP contribution < -0.4 is 10.9 Å². The van der Waals surface area contributed by atoms with Gasteiger partial charge in [-0.1, -0.05) is 0 Å². The summed E-state index contributed by atoms with van der Waals surface area (Å²) in [6, 6.07) is 1.51. The summed E-state index contributed by atoms with van der Waals surface area (Å²) in [4.78, 5) is 18.0. The average Bonchev–Trinajstić information content (AvgIpc) is 1.79. The number of nitrogens with zero attached hydrogens (tertiary/aromatic N) is 1. The predicted octanol–water partition coefficient (Wildman–Crippen LogP) is -0.235. The Labute approximate surface area is 70.0 Å². The van der Waals surface area contributed by atoms with Crippen LogP contribution in [0.25, 0.3) is 0 Å². The molecule has 0 unspecified atom stereocenters. The lowest BCUT2D eigenvalue weighted by atomic mass is 10.0. The van der Waals surface area contributed by atoms with E-state index in [1.807, 2.05) is 6.92 Å². The topological polar surface area (TPSA) is 57.8 Å². The molecule has 1 aromatic heterocycles. The number of aryl methyl sites for hydroxylation is 1. The summed E-state index contributed by atoms with van der Waals surface area (Å²) in [6.45, 7) is 3.68. The summed E-state index contributed by atoms with van der Waals surface area (Å²) in [5.41, 5.74) is 0.741. The molecular formula is C8H11N3O. The summed E-state index contributed by atoms with van der Waals surface area (Å²) in [6.07, 6.45) is 0. The molecule has 0 spiro atoms. The molecule has 0 bridgehead atoms. The van der Waals surface area contributed by atoms with Crippen molar-refractivity contribution >= 4 is 0 Å². The van der Waals surface area contributed by atoms with Crippen LogP contribution in [0, 0.1) is 6.92 Å². The van der Waals surface area contributed by atoms with Crippen LogP contribution in [-0.2, 0) is 0 Å². The van der Waals surface area contributed by atoms with E-state index in [1.165, 1.54) is 6.07 Å². The fourth-order valence-corrected chi connectivity index (χ4v) is 1.28. The number of nitrogens with one attached hydrogen (secondary N) is 2. The van der Waals surface area contributed by atoms with E-state index in [0.717, 1.165) is 24.6 Å². The van der Waals surface area contributed by atoms with E-state index < -0.39 is 0 Å². The molecule has 1 fully saturated rings. The van der Waals surface area contributed by atoms with E-state index in [4.69, 9.17) is 0 Å². The highest BCUT2D eigenvalue weighted by Crippen LogP contribution is 2.13. The summed E-state index contributed by atoms with van der Waals surface area (Å²) in [5.74, 6) is 1.22. The first-order valence-electron chi connectivity index (χ1n) is 4.04. The van der Waals surface area contributed by atoms with Crippen molar-refractivity contribution in [2.75, 3.05) is 13.1 Å². The summed E-state index contributed by atoms with van der Waals surface area (Å²) in [5, 5.41) is 3.14. The third kappa shape index (κ3) is 1.25. The molecule has 4 heteroatoms. The Morgan fingerprint density at radius 2 is 2.33 bits per heavy atom. The molecule has 2 N–H and O–H groups in total. The van der Waals surface area contributed by atoms with E-state index in [1.54, 1.807) is 0 Å². The minimum absolute atomic E-state index is 0.0515. The zero-order valence-electron chi connectivity index (χ0n) is 6.92. The van der Waals surface area contributed by atoms with Crippen molar-refractivity contribution in [2.24, 2.45) is 0 Å². The van der Waals surface area contributed by atoms with Gasteiger partial charge in [0, 0.05) is 30.8 Å². The molecule has 0 aromatic carbocycles. The van der Waals surface area contributed by atoms with Crippen molar-refractivity contribution in [3.05, 3.63) is 27.9 Å². The van der Waals surface area contributed by atoms with Crippen molar-refractivity contribution in [1.82, 2.24) is 15.3 Å². The zero-order valence-corrected chi connectivity index (χ0v) is 6.92. The van der Waals surface area contributed by atoms with Gasteiger partial charge in [-0.05, 0) is 6.92 Å². The lowest BCUT2D eigenvalue weighted by molar-refractivity contribution is 0.428. The molecule has 2 rings (SSSR count). The fourth-order valence-electron chi connectivity index (χ4n) is 1.28. The molecule has 0 radical (unpaired) electrons. The van der Waals surface area contributed by atoms with Crippen molar-refractivity contribution in [1.29, 1.82) is 0 Å². The van der Waals surface area contributed by atoms with Gasteiger partial charge in [0.05, 0.1) is 0 Å². The second-order valence-electron chi connectivity index (χ2n) is 3.13. The van der Waals surface area contributed by atoms with Crippen molar-refractivity contribution in [3.8, 4) is 0 Å². The van der Waals surface area contributed by atoms with Crippen molar-refractivity contribution < 1.29 is 0 Å². The maximum Gasteiger partial charge on any atom is 0.251 e. The van der Waals surface area contributed by atoms with Crippen molar-refractivity contribution in [2.45, 2.75) is 12.8 Å². The van der Waals surface area contributed by atoms with E-state index in [9.17, 15) is 4.79 Å². The second-order valence-corrected chi connectivity index (χ2v) is 3.13. The van der Waals surface area contributed by atoms with E-state index in [-0.39, 0.29) is 5.56 Å². The quantitative estimate of drug-likeness (QED) is 0.604. The number of rotatable bonds is 1. The first-order valence-corrected chi connectivity index (χ1v) is 4.04. The molecule has 1 aromatic rings. The van der Waals surface area contributed by atoms with Gasteiger partial charge < -0.3 is 10.3 Å². The van der Waals surface area contributed by atoms with Crippen molar-refractivity contribution in [3.63, 3.8) is 0 Å². The molecule has 0 amide bonds. The SMILES string of the molecule is Cc1cc(=O)[nH]c(C2CNC2)n1. The van der Waals surface area contributed by atoms with Crippen LogP contribution in [0.15, 0.2) is 10.9 Å². The van der Waals surface area contributed by atoms with Gasteiger partial charge in [0.15, 0.2) is 0 Å². The maximum atomic E-state index is 11.0. The van der Waals surface area contributed by atoms with E-state index in [0.29, 0.717) is 5.92 Å². The smallest absolute Gasteiger partial charge is 0.251 e. The number of hydrogen-bond acceptors (Lipinski definition) is 3. The molecule has 1 saturated heterocycles. The van der Waals surface area contributed by atoms with Gasteiger partial charge in [-0.15, -0.1) is 0 Å². The summed E-state index contributed by atoms with van der Waals surface area (Å²) in [7, 11) is 0. The number of aromatic amines is 1. The molecule has 0 saturated carbocycles. The maximum absolute atomic E-state index is 11.0. The monoisotopic (exact) mass is 165 g/mol. The number of hydrogen-bond donors (Lipinski definition) is 2. The Hall–Kier alpha value is -1.16. The normalized spacial score (nSPS) is 17.4. The minimum atomic E-state index is -0.0515. The minimum Gasteiger partial charge on any atom is -0.315 e. The highest BCUT2D eigenvalue weighted by atomic mass is 16.1. The number of H-pyrrole nitrogens is 1. The molecule has 12 heavy (non-hydrogen) atoms. The molecule has 1 aliphatic heterocycles. The Bertz CT molecular complexity index is 340. The van der Waals surface area contributed by atoms with E-state index in [2.05, 4.69) is 15.3 Å². The Kier molecular flexibility index (Phi) is 1.69. The van der Waals surface area contributed by atoms with Crippen LogP contribution >= 0.6 is 0 Å². The van der Waals surface area contributed by atoms with Gasteiger partial charge in [0.25, 0.3) is 5.56 Å². The third-order valence-corrected chi connectivity index (χ3v) is 2.06. The Morgan fingerprint density at radius 1 is 1.58 bits per heavy atom. The van der Waals surface area contributed by atoms with Crippen LogP contribution in [0.5, 0.6) is 0 Å². The fraction of sp³-hybridized carbons (Fsp3) is 0.500. The van der Waals surface area contributed by atoms with Crippen LogP contribution in [0.2, 0.25) is 0 Å². The highest BCUT2D eigenvalue weighted by molar-refractivity contribution is 5.08. The Morgan fingerprint density at radius 3 is 2.83 bits per heavy atom. The second kappa shape index (κ2) is 2.71. The number of aromatic nitrogens is 2. The molecule has 0 aliphatic carbocycles.